The van der Waals surface area contributed by atoms with Crippen molar-refractivity contribution in [3.63, 3.8) is 0 Å². The summed E-state index contributed by atoms with van der Waals surface area (Å²) < 4.78 is 5.89. The highest BCUT2D eigenvalue weighted by molar-refractivity contribution is 5.19. The molecule has 0 radical (unpaired) electrons. The van der Waals surface area contributed by atoms with Crippen LogP contribution in [0.1, 0.15) is 45.2 Å². The van der Waals surface area contributed by atoms with Crippen LogP contribution >= 0.6 is 0 Å². The quantitative estimate of drug-likeness (QED) is 0.795. The van der Waals surface area contributed by atoms with E-state index in [1.807, 2.05) is 0 Å². The Morgan fingerprint density at radius 3 is 2.48 bits per heavy atom. The lowest BCUT2D eigenvalue weighted by molar-refractivity contribution is 0.0547. The Bertz CT molecular complexity index is 391. The fourth-order valence-electron chi connectivity index (χ4n) is 3.21. The van der Waals surface area contributed by atoms with E-state index in [0.717, 1.165) is 26.2 Å². The molecule has 1 aliphatic rings. The molecule has 3 unspecified atom stereocenters. The van der Waals surface area contributed by atoms with Crippen molar-refractivity contribution in [2.45, 2.75) is 51.9 Å². The summed E-state index contributed by atoms with van der Waals surface area (Å²) in [5, 5.41) is 3.63. The number of nitrogens with zero attached hydrogens (tertiary/aromatic N) is 1. The average Bonchev–Trinajstić information content (AvgIpc) is 2.93. The molecule has 1 saturated heterocycles. The largest absolute Gasteiger partial charge is 0.374 e. The number of nitrogens with one attached hydrogen (secondary N) is 1. The normalized spacial score (nSPS) is 23.6. The van der Waals surface area contributed by atoms with Crippen molar-refractivity contribution in [1.29, 1.82) is 0 Å². The van der Waals surface area contributed by atoms with Crippen LogP contribution in [0, 0.1) is 0 Å². The number of likely N-dealkylation sites (N-methyl/N-ethyl adjacent to an activating group) is 1. The Morgan fingerprint density at radius 1 is 1.19 bits per heavy atom. The molecule has 0 amide bonds. The topological polar surface area (TPSA) is 24.5 Å². The lowest BCUT2D eigenvalue weighted by Crippen LogP contribution is -2.38. The number of rotatable bonds is 8. The molecule has 1 aromatic carbocycles. The number of hydrogen-bond donors (Lipinski definition) is 1. The molecule has 1 N–H and O–H groups in total. The zero-order valence-corrected chi connectivity index (χ0v) is 13.7. The minimum absolute atomic E-state index is 0.396. The summed E-state index contributed by atoms with van der Waals surface area (Å²) in [7, 11) is 0. The molecule has 0 aromatic heterocycles. The zero-order chi connectivity index (χ0) is 15.1. The molecule has 21 heavy (non-hydrogen) atoms. The minimum atomic E-state index is 0.396. The fourth-order valence-corrected chi connectivity index (χ4v) is 3.21. The van der Waals surface area contributed by atoms with Crippen molar-refractivity contribution >= 4 is 0 Å². The Kier molecular flexibility index (Phi) is 6.68. The van der Waals surface area contributed by atoms with Crippen molar-refractivity contribution < 1.29 is 4.74 Å². The molecule has 0 aliphatic carbocycles. The van der Waals surface area contributed by atoms with Gasteiger partial charge in [-0.15, -0.1) is 0 Å². The highest BCUT2D eigenvalue weighted by atomic mass is 16.5. The molecular weight excluding hydrogens is 260 g/mol. The molecule has 1 fully saturated rings. The van der Waals surface area contributed by atoms with Crippen LogP contribution in [-0.2, 0) is 4.74 Å². The van der Waals surface area contributed by atoms with E-state index in [1.165, 1.54) is 18.4 Å². The van der Waals surface area contributed by atoms with E-state index in [-0.39, 0.29) is 0 Å². The van der Waals surface area contributed by atoms with Crippen molar-refractivity contribution in [3.05, 3.63) is 35.9 Å². The molecule has 118 valence electrons. The Hall–Kier alpha value is -0.900. The fraction of sp³-hybridized carbons (Fsp3) is 0.667. The maximum Gasteiger partial charge on any atom is 0.0704 e. The first kappa shape index (κ1) is 16.5. The van der Waals surface area contributed by atoms with Crippen LogP contribution in [0.3, 0.4) is 0 Å². The molecule has 0 bridgehead atoms. The van der Waals surface area contributed by atoms with Crippen LogP contribution in [-0.4, -0.2) is 43.3 Å². The van der Waals surface area contributed by atoms with Crippen molar-refractivity contribution in [3.8, 4) is 0 Å². The van der Waals surface area contributed by atoms with Gasteiger partial charge in [-0.3, -0.25) is 4.90 Å². The minimum Gasteiger partial charge on any atom is -0.374 e. The summed E-state index contributed by atoms with van der Waals surface area (Å²) in [6, 6.07) is 11.3. The van der Waals surface area contributed by atoms with Gasteiger partial charge in [0, 0.05) is 19.1 Å². The molecular formula is C18H30N2O. The predicted molar refractivity (Wildman–Crippen MR) is 88.5 cm³/mol. The van der Waals surface area contributed by atoms with Gasteiger partial charge in [0.25, 0.3) is 0 Å². The SMILES string of the molecule is CCN(CC)C(CNCC1CCC(C)O1)c1ccccc1. The van der Waals surface area contributed by atoms with Crippen LogP contribution in [0.5, 0.6) is 0 Å². The molecule has 3 heteroatoms. The maximum atomic E-state index is 5.89. The Labute approximate surface area is 129 Å². The lowest BCUT2D eigenvalue weighted by atomic mass is 10.0. The molecule has 1 aromatic rings. The third-order valence-electron chi connectivity index (χ3n) is 4.47. The summed E-state index contributed by atoms with van der Waals surface area (Å²) in [4.78, 5) is 2.51. The number of ether oxygens (including phenoxy) is 1. The first-order chi connectivity index (χ1) is 10.2. The van der Waals surface area contributed by atoms with Gasteiger partial charge in [0.05, 0.1) is 12.2 Å². The molecule has 0 saturated carbocycles. The number of benzene rings is 1. The molecule has 2 rings (SSSR count). The second kappa shape index (κ2) is 8.52. The van der Waals surface area contributed by atoms with Crippen LogP contribution in [0.25, 0.3) is 0 Å². The van der Waals surface area contributed by atoms with Gasteiger partial charge < -0.3 is 10.1 Å². The van der Waals surface area contributed by atoms with E-state index in [1.54, 1.807) is 0 Å². The van der Waals surface area contributed by atoms with E-state index in [2.05, 4.69) is 61.3 Å². The summed E-state index contributed by atoms with van der Waals surface area (Å²) in [5.74, 6) is 0. The van der Waals surface area contributed by atoms with Crippen LogP contribution < -0.4 is 5.32 Å². The molecule has 3 atom stereocenters. The highest BCUT2D eigenvalue weighted by Crippen LogP contribution is 2.21. The highest BCUT2D eigenvalue weighted by Gasteiger charge is 2.22. The maximum absolute atomic E-state index is 5.89. The third kappa shape index (κ3) is 4.80. The lowest BCUT2D eigenvalue weighted by Gasteiger charge is -2.30. The standard InChI is InChI=1S/C18H30N2O/c1-4-20(5-2)18(16-9-7-6-8-10-16)14-19-13-17-12-11-15(3)21-17/h6-10,15,17-19H,4-5,11-14H2,1-3H3. The first-order valence-corrected chi connectivity index (χ1v) is 8.39. The zero-order valence-electron chi connectivity index (χ0n) is 13.7. The molecule has 1 heterocycles. The smallest absolute Gasteiger partial charge is 0.0704 e. The van der Waals surface area contributed by atoms with Crippen molar-refractivity contribution in [2.24, 2.45) is 0 Å². The van der Waals surface area contributed by atoms with Crippen LogP contribution in [0.4, 0.5) is 0 Å². The first-order valence-electron chi connectivity index (χ1n) is 8.39. The van der Waals surface area contributed by atoms with Crippen molar-refractivity contribution in [2.75, 3.05) is 26.2 Å². The van der Waals surface area contributed by atoms with Gasteiger partial charge in [0.1, 0.15) is 0 Å². The summed E-state index contributed by atoms with van der Waals surface area (Å²) in [6.45, 7) is 10.8. The second-order valence-corrected chi connectivity index (χ2v) is 5.95. The monoisotopic (exact) mass is 290 g/mol. The second-order valence-electron chi connectivity index (χ2n) is 5.95. The predicted octanol–water partition coefficient (Wildman–Crippen LogP) is 3.23. The van der Waals surface area contributed by atoms with Gasteiger partial charge in [0.2, 0.25) is 0 Å². The van der Waals surface area contributed by atoms with E-state index >= 15 is 0 Å². The van der Waals surface area contributed by atoms with E-state index in [4.69, 9.17) is 4.74 Å². The molecule has 3 nitrogen and oxygen atoms in total. The Balaban J connectivity index is 1.90. The third-order valence-corrected chi connectivity index (χ3v) is 4.47. The Morgan fingerprint density at radius 2 is 1.90 bits per heavy atom. The van der Waals surface area contributed by atoms with Gasteiger partial charge in [-0.05, 0) is 38.4 Å². The van der Waals surface area contributed by atoms with Gasteiger partial charge in [-0.2, -0.15) is 0 Å². The molecule has 0 spiro atoms. The van der Waals surface area contributed by atoms with Gasteiger partial charge >= 0.3 is 0 Å². The summed E-state index contributed by atoms with van der Waals surface area (Å²) >= 11 is 0. The number of hydrogen-bond acceptors (Lipinski definition) is 3. The summed E-state index contributed by atoms with van der Waals surface area (Å²) in [5.41, 5.74) is 1.40. The van der Waals surface area contributed by atoms with Gasteiger partial charge in [-0.25, -0.2) is 0 Å². The van der Waals surface area contributed by atoms with E-state index < -0.39 is 0 Å². The van der Waals surface area contributed by atoms with E-state index in [0.29, 0.717) is 18.2 Å². The van der Waals surface area contributed by atoms with Crippen LogP contribution in [0.2, 0.25) is 0 Å². The van der Waals surface area contributed by atoms with Crippen molar-refractivity contribution in [1.82, 2.24) is 10.2 Å². The van der Waals surface area contributed by atoms with Gasteiger partial charge in [-0.1, -0.05) is 44.2 Å². The van der Waals surface area contributed by atoms with Gasteiger partial charge in [0.15, 0.2) is 0 Å². The summed E-state index contributed by atoms with van der Waals surface area (Å²) in [6.07, 6.45) is 3.22. The van der Waals surface area contributed by atoms with Crippen LogP contribution in [0.15, 0.2) is 30.3 Å². The van der Waals surface area contributed by atoms with E-state index in [9.17, 15) is 0 Å². The molecule has 1 aliphatic heterocycles. The average molecular weight is 290 g/mol.